The molecule has 1 aliphatic heterocycles. The van der Waals surface area contributed by atoms with Crippen molar-refractivity contribution in [1.82, 2.24) is 15.2 Å². The van der Waals surface area contributed by atoms with E-state index in [-0.39, 0.29) is 23.9 Å². The summed E-state index contributed by atoms with van der Waals surface area (Å²) in [5, 5.41) is 4.35. The first kappa shape index (κ1) is 16.5. The third-order valence-corrected chi connectivity index (χ3v) is 5.76. The molecular weight excluding hydrogens is 309 g/mol. The first-order chi connectivity index (χ1) is 12.0. The van der Waals surface area contributed by atoms with Crippen LogP contribution in [-0.2, 0) is 11.2 Å². The molecule has 2 heterocycles. The standard InChI is InChI=1S/C20H24BN3O/c1-4-11(2)22-20(25)12-8-14-13-6-5-7-16-18(13)15(19(21)23-16)9-17(14)24(3)10-12/h5-8,11-12,17,23H,4,9-10H2,1-3H3,(H,22,25). The summed E-state index contributed by atoms with van der Waals surface area (Å²) in [6.45, 7) is 4.88. The summed E-state index contributed by atoms with van der Waals surface area (Å²) in [7, 11) is 8.33. The van der Waals surface area contributed by atoms with Crippen LogP contribution >= 0.6 is 0 Å². The van der Waals surface area contributed by atoms with Gasteiger partial charge in [0.05, 0.1) is 5.92 Å². The number of nitrogens with zero attached hydrogens (tertiary/aromatic N) is 1. The molecule has 128 valence electrons. The van der Waals surface area contributed by atoms with Gasteiger partial charge >= 0.3 is 0 Å². The van der Waals surface area contributed by atoms with Gasteiger partial charge in [0.15, 0.2) is 0 Å². The van der Waals surface area contributed by atoms with Crippen LogP contribution in [-0.4, -0.2) is 49.3 Å². The second-order valence-electron chi connectivity index (χ2n) is 7.45. The van der Waals surface area contributed by atoms with Crippen molar-refractivity contribution in [2.45, 2.75) is 38.8 Å². The topological polar surface area (TPSA) is 48.1 Å². The fourth-order valence-corrected chi connectivity index (χ4v) is 4.18. The molecule has 0 saturated heterocycles. The Labute approximate surface area is 150 Å². The van der Waals surface area contributed by atoms with Crippen molar-refractivity contribution in [1.29, 1.82) is 0 Å². The molecule has 1 amide bonds. The zero-order valence-corrected chi connectivity index (χ0v) is 15.1. The maximum absolute atomic E-state index is 12.7. The number of aromatic nitrogens is 1. The van der Waals surface area contributed by atoms with Gasteiger partial charge in [-0.2, -0.15) is 0 Å². The molecule has 3 unspecified atom stereocenters. The number of likely N-dealkylation sites (N-methyl/N-ethyl adjacent to an activating group) is 1. The second kappa shape index (κ2) is 6.06. The lowest BCUT2D eigenvalue weighted by Gasteiger charge is -2.39. The van der Waals surface area contributed by atoms with Crippen molar-refractivity contribution in [3.8, 4) is 0 Å². The Morgan fingerprint density at radius 2 is 2.28 bits per heavy atom. The van der Waals surface area contributed by atoms with Crippen molar-refractivity contribution in [2.75, 3.05) is 13.6 Å². The first-order valence-corrected chi connectivity index (χ1v) is 9.11. The van der Waals surface area contributed by atoms with E-state index in [9.17, 15) is 4.79 Å². The molecule has 0 spiro atoms. The van der Waals surface area contributed by atoms with Crippen molar-refractivity contribution in [2.24, 2.45) is 5.92 Å². The zero-order valence-electron chi connectivity index (χ0n) is 15.1. The highest BCUT2D eigenvalue weighted by molar-refractivity contribution is 6.34. The Bertz CT molecular complexity index is 869. The van der Waals surface area contributed by atoms with Gasteiger partial charge in [-0.3, -0.25) is 9.69 Å². The average molecular weight is 333 g/mol. The van der Waals surface area contributed by atoms with Gasteiger partial charge in [0.1, 0.15) is 7.85 Å². The van der Waals surface area contributed by atoms with Crippen molar-refractivity contribution >= 4 is 35.8 Å². The fraction of sp³-hybridized carbons (Fsp3) is 0.450. The minimum absolute atomic E-state index is 0.113. The lowest BCUT2D eigenvalue weighted by atomic mass is 9.77. The molecule has 0 saturated carbocycles. The maximum atomic E-state index is 12.7. The van der Waals surface area contributed by atoms with Gasteiger partial charge in [0, 0.05) is 29.5 Å². The zero-order chi connectivity index (χ0) is 17.7. The summed E-state index contributed by atoms with van der Waals surface area (Å²) in [6, 6.07) is 6.77. The maximum Gasteiger partial charge on any atom is 0.228 e. The van der Waals surface area contributed by atoms with E-state index in [4.69, 9.17) is 7.85 Å². The van der Waals surface area contributed by atoms with Crippen LogP contribution in [0.2, 0.25) is 0 Å². The Hall–Kier alpha value is -2.01. The van der Waals surface area contributed by atoms with Gasteiger partial charge in [-0.1, -0.05) is 25.1 Å². The Morgan fingerprint density at radius 1 is 1.48 bits per heavy atom. The largest absolute Gasteiger partial charge is 0.368 e. The minimum Gasteiger partial charge on any atom is -0.368 e. The van der Waals surface area contributed by atoms with E-state index in [2.05, 4.69) is 60.4 Å². The molecule has 1 aliphatic carbocycles. The first-order valence-electron chi connectivity index (χ1n) is 9.11. The Morgan fingerprint density at radius 3 is 3.04 bits per heavy atom. The number of H-pyrrole nitrogens is 1. The number of benzene rings is 1. The highest BCUT2D eigenvalue weighted by Crippen LogP contribution is 2.40. The molecule has 1 aromatic carbocycles. The van der Waals surface area contributed by atoms with E-state index < -0.39 is 0 Å². The lowest BCUT2D eigenvalue weighted by molar-refractivity contribution is -0.124. The number of carbonyl (C=O) groups is 1. The third kappa shape index (κ3) is 2.61. The number of amides is 1. The molecule has 5 heteroatoms. The third-order valence-electron chi connectivity index (χ3n) is 5.76. The highest BCUT2D eigenvalue weighted by atomic mass is 16.2. The number of nitrogens with one attached hydrogen (secondary N) is 2. The van der Waals surface area contributed by atoms with E-state index in [1.165, 1.54) is 22.1 Å². The average Bonchev–Trinajstić information content (AvgIpc) is 2.92. The molecule has 0 bridgehead atoms. The molecule has 2 radical (unpaired) electrons. The van der Waals surface area contributed by atoms with Gasteiger partial charge in [-0.05, 0) is 55.2 Å². The summed E-state index contributed by atoms with van der Waals surface area (Å²) in [5.41, 5.74) is 5.53. The fourth-order valence-electron chi connectivity index (χ4n) is 4.18. The van der Waals surface area contributed by atoms with Gasteiger partial charge in [0.2, 0.25) is 5.91 Å². The molecule has 2 aromatic rings. The van der Waals surface area contributed by atoms with E-state index in [0.717, 1.165) is 30.5 Å². The van der Waals surface area contributed by atoms with Crippen LogP contribution in [0, 0.1) is 5.92 Å². The number of hydrogen-bond donors (Lipinski definition) is 2. The Kier molecular flexibility index (Phi) is 3.99. The van der Waals surface area contributed by atoms with E-state index in [0.29, 0.717) is 0 Å². The van der Waals surface area contributed by atoms with Crippen molar-refractivity contribution in [3.63, 3.8) is 0 Å². The predicted octanol–water partition coefficient (Wildman–Crippen LogP) is 1.75. The van der Waals surface area contributed by atoms with Crippen molar-refractivity contribution in [3.05, 3.63) is 35.4 Å². The minimum atomic E-state index is -0.113. The summed E-state index contributed by atoms with van der Waals surface area (Å²) in [4.78, 5) is 18.3. The van der Waals surface area contributed by atoms with Gasteiger partial charge < -0.3 is 10.3 Å². The number of aromatic amines is 1. The number of hydrogen-bond acceptors (Lipinski definition) is 2. The van der Waals surface area contributed by atoms with Gasteiger partial charge in [-0.15, -0.1) is 0 Å². The molecule has 2 aliphatic rings. The van der Waals surface area contributed by atoms with Crippen LogP contribution in [0.4, 0.5) is 0 Å². The SMILES string of the molecule is [B]c1[nH]c2cccc3c2c1CC1C3=CC(C(=O)NC(C)CC)CN1C. The molecular formula is C20H24BN3O. The molecule has 2 N–H and O–H groups in total. The number of fused-ring (bicyclic) bond motifs is 2. The monoisotopic (exact) mass is 333 g/mol. The number of rotatable bonds is 3. The highest BCUT2D eigenvalue weighted by Gasteiger charge is 2.36. The van der Waals surface area contributed by atoms with Crippen LogP contribution in [0.3, 0.4) is 0 Å². The number of carbonyl (C=O) groups excluding carboxylic acids is 1. The van der Waals surface area contributed by atoms with Gasteiger partial charge in [0.25, 0.3) is 0 Å². The molecule has 0 fully saturated rings. The summed E-state index contributed by atoms with van der Waals surface area (Å²) in [5.74, 6) is 0.0112. The molecule has 4 nitrogen and oxygen atoms in total. The van der Waals surface area contributed by atoms with Crippen LogP contribution in [0.25, 0.3) is 16.5 Å². The molecule has 4 rings (SSSR count). The van der Waals surface area contributed by atoms with E-state index >= 15 is 0 Å². The van der Waals surface area contributed by atoms with Crippen LogP contribution in [0.15, 0.2) is 24.3 Å². The Balaban J connectivity index is 1.78. The van der Waals surface area contributed by atoms with Crippen LogP contribution in [0.5, 0.6) is 0 Å². The predicted molar refractivity (Wildman–Crippen MR) is 103 cm³/mol. The summed E-state index contributed by atoms with van der Waals surface area (Å²) >= 11 is 0. The molecule has 25 heavy (non-hydrogen) atoms. The lowest BCUT2D eigenvalue weighted by Crippen LogP contribution is -2.48. The normalized spacial score (nSPS) is 23.9. The van der Waals surface area contributed by atoms with Gasteiger partial charge in [-0.25, -0.2) is 0 Å². The van der Waals surface area contributed by atoms with Crippen LogP contribution in [0.1, 0.15) is 31.4 Å². The summed E-state index contributed by atoms with van der Waals surface area (Å²) < 4.78 is 0. The summed E-state index contributed by atoms with van der Waals surface area (Å²) in [6.07, 6.45) is 4.02. The quantitative estimate of drug-likeness (QED) is 0.841. The van der Waals surface area contributed by atoms with Crippen molar-refractivity contribution < 1.29 is 4.79 Å². The van der Waals surface area contributed by atoms with E-state index in [1.54, 1.807) is 0 Å². The second-order valence-corrected chi connectivity index (χ2v) is 7.45. The van der Waals surface area contributed by atoms with Crippen LogP contribution < -0.4 is 10.9 Å². The van der Waals surface area contributed by atoms with E-state index in [1.807, 2.05) is 0 Å². The molecule has 1 aromatic heterocycles. The smallest absolute Gasteiger partial charge is 0.228 e. The molecule has 3 atom stereocenters.